The van der Waals surface area contributed by atoms with E-state index in [-0.39, 0.29) is 25.3 Å². The summed E-state index contributed by atoms with van der Waals surface area (Å²) in [5.41, 5.74) is 0.686. The fourth-order valence-electron chi connectivity index (χ4n) is 1.92. The molecule has 0 aliphatic heterocycles. The molecule has 2 aromatic carbocycles. The minimum atomic E-state index is -0.481. The average molecular weight is 344 g/mol. The topological polar surface area (TPSA) is 84.5 Å². The number of nitrogens with one attached hydrogen (secondary N) is 2. The van der Waals surface area contributed by atoms with Gasteiger partial charge in [0, 0.05) is 5.56 Å². The first-order chi connectivity index (χ1) is 12.1. The molecule has 130 valence electrons. The first-order valence-electron chi connectivity index (χ1n) is 7.59. The van der Waals surface area contributed by atoms with Gasteiger partial charge in [-0.3, -0.25) is 9.59 Å². The lowest BCUT2D eigenvalue weighted by Crippen LogP contribution is -2.38. The maximum atomic E-state index is 12.8. The molecule has 6 nitrogen and oxygen atoms in total. The van der Waals surface area contributed by atoms with Crippen molar-refractivity contribution in [3.05, 3.63) is 71.5 Å². The van der Waals surface area contributed by atoms with E-state index in [0.717, 1.165) is 12.1 Å². The number of halogens is 1. The van der Waals surface area contributed by atoms with Crippen LogP contribution in [0.25, 0.3) is 0 Å². The van der Waals surface area contributed by atoms with Crippen LogP contribution < -0.4 is 10.6 Å². The molecule has 7 heteroatoms. The highest BCUT2D eigenvalue weighted by Crippen LogP contribution is 2.02. The highest BCUT2D eigenvalue weighted by atomic mass is 19.1. The normalized spacial score (nSPS) is 9.96. The molecule has 0 bridgehead atoms. The van der Waals surface area contributed by atoms with Crippen molar-refractivity contribution in [2.24, 2.45) is 0 Å². The molecule has 0 aliphatic carbocycles. The van der Waals surface area contributed by atoms with Crippen LogP contribution in [-0.2, 0) is 9.53 Å². The van der Waals surface area contributed by atoms with Crippen molar-refractivity contribution in [3.63, 3.8) is 0 Å². The summed E-state index contributed by atoms with van der Waals surface area (Å²) < 4.78 is 17.8. The molecule has 0 saturated heterocycles. The van der Waals surface area contributed by atoms with Gasteiger partial charge >= 0.3 is 5.97 Å². The van der Waals surface area contributed by atoms with E-state index in [1.54, 1.807) is 30.3 Å². The number of ether oxygens (including phenoxy) is 1. The molecule has 2 aromatic rings. The van der Waals surface area contributed by atoms with Gasteiger partial charge in [0.15, 0.2) is 0 Å². The Hall–Kier alpha value is -3.22. The van der Waals surface area contributed by atoms with E-state index >= 15 is 0 Å². The lowest BCUT2D eigenvalue weighted by molar-refractivity contribution is -0.120. The highest BCUT2D eigenvalue weighted by Gasteiger charge is 2.09. The molecular weight excluding hydrogens is 327 g/mol. The van der Waals surface area contributed by atoms with Crippen LogP contribution in [0, 0.1) is 5.82 Å². The van der Waals surface area contributed by atoms with Gasteiger partial charge in [0.25, 0.3) is 5.91 Å². The van der Waals surface area contributed by atoms with E-state index in [1.165, 1.54) is 12.1 Å². The van der Waals surface area contributed by atoms with E-state index in [1.807, 2.05) is 0 Å². The van der Waals surface area contributed by atoms with E-state index < -0.39 is 23.6 Å². The number of carbonyl (C=O) groups excluding carboxylic acids is 3. The summed E-state index contributed by atoms with van der Waals surface area (Å²) in [4.78, 5) is 35.0. The third-order valence-electron chi connectivity index (χ3n) is 3.18. The molecule has 0 heterocycles. The third kappa shape index (κ3) is 6.06. The summed E-state index contributed by atoms with van der Waals surface area (Å²) >= 11 is 0. The van der Waals surface area contributed by atoms with Gasteiger partial charge in [-0.15, -0.1) is 0 Å². The van der Waals surface area contributed by atoms with E-state index in [9.17, 15) is 18.8 Å². The van der Waals surface area contributed by atoms with Crippen LogP contribution in [0.15, 0.2) is 54.6 Å². The maximum Gasteiger partial charge on any atom is 0.338 e. The standard InChI is InChI=1S/C18H17FN2O4/c19-15-8-6-13(7-9-15)17(23)21-12-16(22)20-10-11-25-18(24)14-4-2-1-3-5-14/h1-9H,10-12H2,(H,20,22)(H,21,23). The minimum absolute atomic E-state index is 0.0192. The molecule has 2 rings (SSSR count). The number of hydrogen-bond acceptors (Lipinski definition) is 4. The summed E-state index contributed by atoms with van der Waals surface area (Å²) in [5, 5.41) is 4.93. The molecule has 25 heavy (non-hydrogen) atoms. The van der Waals surface area contributed by atoms with Crippen LogP contribution >= 0.6 is 0 Å². The largest absolute Gasteiger partial charge is 0.460 e. The lowest BCUT2D eigenvalue weighted by atomic mass is 10.2. The van der Waals surface area contributed by atoms with Gasteiger partial charge in [0.2, 0.25) is 5.91 Å². The number of carbonyl (C=O) groups is 3. The highest BCUT2D eigenvalue weighted by molar-refractivity contribution is 5.96. The van der Waals surface area contributed by atoms with E-state index in [0.29, 0.717) is 5.56 Å². The smallest absolute Gasteiger partial charge is 0.338 e. The lowest BCUT2D eigenvalue weighted by Gasteiger charge is -2.08. The van der Waals surface area contributed by atoms with Gasteiger partial charge in [-0.1, -0.05) is 18.2 Å². The second kappa shape index (κ2) is 9.17. The Morgan fingerprint density at radius 3 is 2.24 bits per heavy atom. The monoisotopic (exact) mass is 344 g/mol. The van der Waals surface area contributed by atoms with Crippen molar-refractivity contribution in [3.8, 4) is 0 Å². The summed E-state index contributed by atoms with van der Waals surface area (Å²) in [6.07, 6.45) is 0. The first kappa shape index (κ1) is 18.1. The number of hydrogen-bond donors (Lipinski definition) is 2. The molecule has 0 radical (unpaired) electrons. The molecule has 0 atom stereocenters. The van der Waals surface area contributed by atoms with Gasteiger partial charge < -0.3 is 15.4 Å². The van der Waals surface area contributed by atoms with Crippen LogP contribution in [-0.4, -0.2) is 37.5 Å². The Labute approximate surface area is 144 Å². The molecule has 0 saturated carbocycles. The Morgan fingerprint density at radius 1 is 0.880 bits per heavy atom. The average Bonchev–Trinajstić information content (AvgIpc) is 2.64. The zero-order valence-electron chi connectivity index (χ0n) is 13.3. The van der Waals surface area contributed by atoms with Crippen molar-refractivity contribution < 1.29 is 23.5 Å². The Kier molecular flexibility index (Phi) is 6.65. The second-order valence-corrected chi connectivity index (χ2v) is 5.04. The summed E-state index contributed by atoms with van der Waals surface area (Å²) in [6.45, 7) is -0.0853. The maximum absolute atomic E-state index is 12.8. The Balaban J connectivity index is 1.63. The fraction of sp³-hybridized carbons (Fsp3) is 0.167. The molecule has 0 spiro atoms. The van der Waals surface area contributed by atoms with Crippen molar-refractivity contribution >= 4 is 17.8 Å². The Morgan fingerprint density at radius 2 is 1.56 bits per heavy atom. The van der Waals surface area contributed by atoms with Gasteiger partial charge in [0.1, 0.15) is 12.4 Å². The van der Waals surface area contributed by atoms with Gasteiger partial charge in [0.05, 0.1) is 18.7 Å². The second-order valence-electron chi connectivity index (χ2n) is 5.04. The van der Waals surface area contributed by atoms with Crippen molar-refractivity contribution in [1.29, 1.82) is 0 Å². The quantitative estimate of drug-likeness (QED) is 0.589. The van der Waals surface area contributed by atoms with Crippen molar-refractivity contribution in [2.75, 3.05) is 19.7 Å². The van der Waals surface area contributed by atoms with Gasteiger partial charge in [-0.25, -0.2) is 9.18 Å². The van der Waals surface area contributed by atoms with E-state index in [2.05, 4.69) is 10.6 Å². The number of rotatable bonds is 7. The van der Waals surface area contributed by atoms with Crippen LogP contribution in [0.5, 0.6) is 0 Å². The zero-order valence-corrected chi connectivity index (χ0v) is 13.3. The number of benzene rings is 2. The molecule has 0 fully saturated rings. The van der Waals surface area contributed by atoms with Gasteiger partial charge in [-0.05, 0) is 36.4 Å². The number of esters is 1. The predicted octanol–water partition coefficient (Wildman–Crippen LogP) is 1.53. The first-order valence-corrected chi connectivity index (χ1v) is 7.59. The Bertz CT molecular complexity index is 733. The van der Waals surface area contributed by atoms with E-state index in [4.69, 9.17) is 4.74 Å². The summed E-state index contributed by atoms with van der Waals surface area (Å²) in [5.74, 6) is -1.82. The van der Waals surface area contributed by atoms with Crippen LogP contribution in [0.1, 0.15) is 20.7 Å². The van der Waals surface area contributed by atoms with Crippen molar-refractivity contribution in [1.82, 2.24) is 10.6 Å². The summed E-state index contributed by atoms with van der Waals surface area (Å²) in [6, 6.07) is 13.5. The molecule has 0 unspecified atom stereocenters. The zero-order chi connectivity index (χ0) is 18.1. The van der Waals surface area contributed by atoms with Crippen molar-refractivity contribution in [2.45, 2.75) is 0 Å². The van der Waals surface area contributed by atoms with Crippen LogP contribution in [0.3, 0.4) is 0 Å². The van der Waals surface area contributed by atoms with Gasteiger partial charge in [-0.2, -0.15) is 0 Å². The predicted molar refractivity (Wildman–Crippen MR) is 88.5 cm³/mol. The van der Waals surface area contributed by atoms with Crippen LogP contribution in [0.4, 0.5) is 4.39 Å². The third-order valence-corrected chi connectivity index (χ3v) is 3.18. The number of amides is 2. The molecule has 0 aliphatic rings. The minimum Gasteiger partial charge on any atom is -0.460 e. The molecule has 2 amide bonds. The molecule has 0 aromatic heterocycles. The van der Waals surface area contributed by atoms with Crippen LogP contribution in [0.2, 0.25) is 0 Å². The molecule has 2 N–H and O–H groups in total. The SMILES string of the molecule is O=C(CNC(=O)c1ccc(F)cc1)NCCOC(=O)c1ccccc1. The molecular formula is C18H17FN2O4. The summed E-state index contributed by atoms with van der Waals surface area (Å²) in [7, 11) is 0. The fourth-order valence-corrected chi connectivity index (χ4v) is 1.92.